The summed E-state index contributed by atoms with van der Waals surface area (Å²) < 4.78 is 60.0. The van der Waals surface area contributed by atoms with Crippen LogP contribution in [0.5, 0.6) is 5.75 Å². The van der Waals surface area contributed by atoms with Gasteiger partial charge in [-0.1, -0.05) is 26.0 Å². The number of carbonyl (C=O) groups excluding carboxylic acids is 2. The van der Waals surface area contributed by atoms with Crippen LogP contribution >= 0.6 is 0 Å². The molecule has 6 rings (SSSR count). The van der Waals surface area contributed by atoms with E-state index >= 15 is 8.78 Å². The van der Waals surface area contributed by atoms with E-state index in [0.29, 0.717) is 0 Å². The van der Waals surface area contributed by atoms with E-state index in [2.05, 4.69) is 0 Å². The lowest BCUT2D eigenvalue weighted by Gasteiger charge is -2.66. The molecule has 0 unspecified atom stereocenters. The van der Waals surface area contributed by atoms with E-state index in [1.807, 2.05) is 0 Å². The van der Waals surface area contributed by atoms with E-state index in [-0.39, 0.29) is 30.4 Å². The van der Waals surface area contributed by atoms with Gasteiger partial charge in [-0.15, -0.1) is 0 Å². The van der Waals surface area contributed by atoms with Crippen molar-refractivity contribution >= 4 is 11.6 Å². The van der Waals surface area contributed by atoms with E-state index in [1.165, 1.54) is 25.1 Å². The summed E-state index contributed by atoms with van der Waals surface area (Å²) in [5, 5.41) is 31.2. The van der Waals surface area contributed by atoms with Crippen LogP contribution in [0.4, 0.5) is 13.2 Å². The van der Waals surface area contributed by atoms with Gasteiger partial charge in [0.1, 0.15) is 12.8 Å². The molecule has 0 aromatic heterocycles. The number of phenols is 1. The summed E-state index contributed by atoms with van der Waals surface area (Å²) in [4.78, 5) is 25.7. The molecule has 10 heteroatoms. The normalized spacial score (nSPS) is 48.2. The van der Waals surface area contributed by atoms with E-state index in [1.54, 1.807) is 13.8 Å². The van der Waals surface area contributed by atoms with Crippen LogP contribution in [0.15, 0.2) is 42.0 Å². The third-order valence-corrected chi connectivity index (χ3v) is 10.9. The maximum absolute atomic E-state index is 17.6. The highest BCUT2D eigenvalue weighted by atomic mass is 19.1. The van der Waals surface area contributed by atoms with Crippen LogP contribution in [0.25, 0.3) is 0 Å². The maximum atomic E-state index is 17.6. The molecule has 10 atom stereocenters. The molecular formula is C29H31F3O7. The zero-order valence-corrected chi connectivity index (χ0v) is 21.8. The molecule has 3 saturated carbocycles. The van der Waals surface area contributed by atoms with Gasteiger partial charge in [-0.3, -0.25) is 9.59 Å². The van der Waals surface area contributed by atoms with Crippen molar-refractivity contribution < 1.29 is 47.6 Å². The second kappa shape index (κ2) is 8.02. The van der Waals surface area contributed by atoms with Crippen LogP contribution in [-0.2, 0) is 19.1 Å². The minimum Gasteiger partial charge on any atom is -0.505 e. The van der Waals surface area contributed by atoms with Crippen LogP contribution < -0.4 is 0 Å². The molecule has 1 aliphatic heterocycles. The molecule has 0 spiro atoms. The third-order valence-electron chi connectivity index (χ3n) is 10.9. The lowest BCUT2D eigenvalue weighted by atomic mass is 9.39. The topological polar surface area (TPSA) is 113 Å². The van der Waals surface area contributed by atoms with Gasteiger partial charge in [0.05, 0.1) is 12.2 Å². The molecule has 1 aromatic carbocycles. The fraction of sp³-hybridized carbons (Fsp3) is 0.586. The molecule has 1 aromatic rings. The summed E-state index contributed by atoms with van der Waals surface area (Å²) in [7, 11) is 0. The third kappa shape index (κ3) is 2.93. The molecule has 4 aliphatic carbocycles. The van der Waals surface area contributed by atoms with Crippen LogP contribution in [0.1, 0.15) is 51.9 Å². The number of aliphatic hydroxyl groups excluding tert-OH is 2. The number of fused-ring (bicyclic) bond motifs is 7. The van der Waals surface area contributed by atoms with Gasteiger partial charge in [0.2, 0.25) is 0 Å². The van der Waals surface area contributed by atoms with Crippen LogP contribution in [-0.4, -0.2) is 63.1 Å². The number of Topliss-reactive ketones (excluding diaryl/α,β-unsaturated/α-hetero) is 1. The molecule has 5 aliphatic rings. The smallest absolute Gasteiger partial charge is 0.193 e. The van der Waals surface area contributed by atoms with Crippen molar-refractivity contribution in [3.63, 3.8) is 0 Å². The summed E-state index contributed by atoms with van der Waals surface area (Å²) >= 11 is 0. The molecule has 7 nitrogen and oxygen atoms in total. The Kier molecular flexibility index (Phi) is 5.49. The van der Waals surface area contributed by atoms with E-state index < -0.39 is 87.8 Å². The quantitative estimate of drug-likeness (QED) is 0.530. The number of allylic oxidation sites excluding steroid dienone is 4. The fourth-order valence-electron chi connectivity index (χ4n) is 8.79. The number of alkyl halides is 2. The van der Waals surface area contributed by atoms with Gasteiger partial charge in [0.25, 0.3) is 0 Å². The molecule has 1 saturated heterocycles. The Bertz CT molecular complexity index is 1350. The number of halogens is 3. The predicted molar refractivity (Wildman–Crippen MR) is 130 cm³/mol. The number of rotatable bonds is 3. The summed E-state index contributed by atoms with van der Waals surface area (Å²) in [5.74, 6) is -3.79. The van der Waals surface area contributed by atoms with E-state index in [0.717, 1.165) is 18.2 Å². The van der Waals surface area contributed by atoms with Gasteiger partial charge in [0.15, 0.2) is 40.7 Å². The molecule has 210 valence electrons. The molecule has 0 radical (unpaired) electrons. The van der Waals surface area contributed by atoms with Crippen LogP contribution in [0, 0.1) is 28.0 Å². The number of aromatic hydroxyl groups is 1. The first-order valence-electron chi connectivity index (χ1n) is 13.1. The Balaban J connectivity index is 1.48. The Morgan fingerprint density at radius 1 is 1.21 bits per heavy atom. The van der Waals surface area contributed by atoms with Crippen molar-refractivity contribution in [3.8, 4) is 5.75 Å². The van der Waals surface area contributed by atoms with Gasteiger partial charge in [-0.25, -0.2) is 13.2 Å². The molecule has 3 N–H and O–H groups in total. The lowest BCUT2D eigenvalue weighted by Crippen LogP contribution is -2.73. The van der Waals surface area contributed by atoms with Crippen molar-refractivity contribution in [3.05, 3.63) is 53.4 Å². The van der Waals surface area contributed by atoms with Gasteiger partial charge in [-0.2, -0.15) is 0 Å². The van der Waals surface area contributed by atoms with Gasteiger partial charge in [-0.05, 0) is 61.5 Å². The second-order valence-electron chi connectivity index (χ2n) is 12.3. The SMILES string of the molecule is C[C@]12C[C@H](O)[C@@]3(F)[C@@H](C[C@H](F)C4=CC(=O)C=C[C@@]43C)[C@]1(C)C[C@H]1O[C@@H](c3ccc(O)c(F)c3)O[C@]12C(=O)CO. The second-order valence-corrected chi connectivity index (χ2v) is 12.3. The van der Waals surface area contributed by atoms with Crippen molar-refractivity contribution in [2.24, 2.45) is 22.2 Å². The number of hydrogen-bond acceptors (Lipinski definition) is 7. The predicted octanol–water partition coefficient (Wildman–Crippen LogP) is 3.56. The highest BCUT2D eigenvalue weighted by molar-refractivity contribution is 6.01. The molecule has 39 heavy (non-hydrogen) atoms. The van der Waals surface area contributed by atoms with E-state index in [4.69, 9.17) is 9.47 Å². The molecule has 4 fully saturated rings. The number of phenolic OH excluding ortho intramolecular Hbond substituents is 1. The first-order chi connectivity index (χ1) is 18.2. The van der Waals surface area contributed by atoms with Gasteiger partial charge < -0.3 is 24.8 Å². The summed E-state index contributed by atoms with van der Waals surface area (Å²) in [5.41, 5.74) is -8.15. The number of carbonyl (C=O) groups is 2. The van der Waals surface area contributed by atoms with Crippen LogP contribution in [0.3, 0.4) is 0 Å². The first-order valence-corrected chi connectivity index (χ1v) is 13.1. The average Bonchev–Trinajstić information content (AvgIpc) is 3.35. The summed E-state index contributed by atoms with van der Waals surface area (Å²) in [6.45, 7) is 3.98. The maximum Gasteiger partial charge on any atom is 0.193 e. The average molecular weight is 549 g/mol. The zero-order valence-electron chi connectivity index (χ0n) is 21.8. The van der Waals surface area contributed by atoms with Crippen LogP contribution in [0.2, 0.25) is 0 Å². The fourth-order valence-corrected chi connectivity index (χ4v) is 8.79. The largest absolute Gasteiger partial charge is 0.505 e. The summed E-state index contributed by atoms with van der Waals surface area (Å²) in [6.07, 6.45) is -2.53. The number of ketones is 2. The number of aliphatic hydroxyl groups is 2. The highest BCUT2D eigenvalue weighted by Crippen LogP contribution is 2.77. The molecule has 1 heterocycles. The van der Waals surface area contributed by atoms with Crippen molar-refractivity contribution in [2.75, 3.05) is 6.61 Å². The standard InChI is InChI=1S/C29H31F3O7/c1-25-7-6-15(34)9-16(25)17(30)10-20-26(2)12-23-29(22(37)13-33,27(26,3)11-21(36)28(20,25)32)39-24(38-23)14-4-5-19(35)18(31)8-14/h4-9,17,20-21,23-24,33,35-36H,10-13H2,1-3H3/t17-,20-,21-,23+,24+,25-,26-,27-,28-,29+/m0/s1. The Labute approximate surface area is 223 Å². The minimum atomic E-state index is -2.38. The summed E-state index contributed by atoms with van der Waals surface area (Å²) in [6, 6.07) is 3.52. The first kappa shape index (κ1) is 26.7. The van der Waals surface area contributed by atoms with Crippen molar-refractivity contribution in [1.29, 1.82) is 0 Å². The Morgan fingerprint density at radius 3 is 2.59 bits per heavy atom. The molecule has 0 bridgehead atoms. The van der Waals surface area contributed by atoms with Crippen molar-refractivity contribution in [2.45, 2.75) is 76.0 Å². The monoisotopic (exact) mass is 548 g/mol. The molecular weight excluding hydrogens is 517 g/mol. The van der Waals surface area contributed by atoms with Gasteiger partial charge >= 0.3 is 0 Å². The Morgan fingerprint density at radius 2 is 1.92 bits per heavy atom. The Hall–Kier alpha value is -2.53. The number of benzene rings is 1. The number of ether oxygens (including phenoxy) is 2. The molecule has 0 amide bonds. The minimum absolute atomic E-state index is 0.0127. The zero-order chi connectivity index (χ0) is 28.3. The highest BCUT2D eigenvalue weighted by Gasteiger charge is 2.83. The van der Waals surface area contributed by atoms with Crippen molar-refractivity contribution in [1.82, 2.24) is 0 Å². The number of hydrogen-bond donors (Lipinski definition) is 3. The van der Waals surface area contributed by atoms with E-state index in [9.17, 15) is 29.3 Å². The lowest BCUT2D eigenvalue weighted by molar-refractivity contribution is -0.263. The van der Waals surface area contributed by atoms with Gasteiger partial charge in [0, 0.05) is 22.3 Å².